The highest BCUT2D eigenvalue weighted by Gasteiger charge is 2.09. The van der Waals surface area contributed by atoms with Crippen molar-refractivity contribution in [2.24, 2.45) is 0 Å². The highest BCUT2D eigenvalue weighted by Crippen LogP contribution is 2.14. The molecule has 3 N–H and O–H groups in total. The van der Waals surface area contributed by atoms with E-state index in [0.29, 0.717) is 28.3 Å². The molecule has 3 rings (SSSR count). The molecule has 0 aliphatic heterocycles. The number of nitrogen functional groups attached to an aromatic ring is 1. The summed E-state index contributed by atoms with van der Waals surface area (Å²) >= 11 is 0. The molecule has 6 heteroatoms. The number of hydrogen-bond donors (Lipinski definition) is 2. The quantitative estimate of drug-likeness (QED) is 0.573. The minimum atomic E-state index is -0.251. The number of aromatic nitrogens is 2. The molecule has 0 unspecified atom stereocenters. The average molecular weight is 294 g/mol. The van der Waals surface area contributed by atoms with Crippen molar-refractivity contribution in [2.75, 3.05) is 11.1 Å². The van der Waals surface area contributed by atoms with E-state index in [1.165, 1.54) is 6.92 Å². The first kappa shape index (κ1) is 13.8. The Morgan fingerprint density at radius 3 is 2.73 bits per heavy atom. The molecular weight excluding hydrogens is 280 g/mol. The summed E-state index contributed by atoms with van der Waals surface area (Å²) in [5.74, 6) is -0.354. The van der Waals surface area contributed by atoms with E-state index in [9.17, 15) is 9.59 Å². The minimum absolute atomic E-state index is 0.103. The van der Waals surface area contributed by atoms with E-state index in [0.717, 1.165) is 0 Å². The maximum absolute atomic E-state index is 12.2. The zero-order chi connectivity index (χ0) is 15.7. The predicted octanol–water partition coefficient (Wildman–Crippen LogP) is 2.37. The fraction of sp³-hybridized carbons (Fsp3) is 0.0625. The van der Waals surface area contributed by atoms with Gasteiger partial charge in [-0.2, -0.15) is 0 Å². The average Bonchev–Trinajstić information content (AvgIpc) is 2.90. The molecule has 0 aliphatic carbocycles. The van der Waals surface area contributed by atoms with Gasteiger partial charge >= 0.3 is 0 Å². The lowest BCUT2D eigenvalue weighted by Crippen LogP contribution is -2.12. The van der Waals surface area contributed by atoms with Gasteiger partial charge in [0, 0.05) is 30.6 Å². The molecule has 0 spiro atoms. The van der Waals surface area contributed by atoms with Gasteiger partial charge in [-0.3, -0.25) is 9.59 Å². The van der Waals surface area contributed by atoms with Crippen molar-refractivity contribution in [3.05, 3.63) is 60.0 Å². The van der Waals surface area contributed by atoms with Gasteiger partial charge in [0.1, 0.15) is 11.3 Å². The van der Waals surface area contributed by atoms with Crippen LogP contribution in [0.2, 0.25) is 0 Å². The number of imidazole rings is 1. The first-order chi connectivity index (χ1) is 10.5. The largest absolute Gasteiger partial charge is 0.399 e. The van der Waals surface area contributed by atoms with Crippen LogP contribution in [0.25, 0.3) is 5.65 Å². The van der Waals surface area contributed by atoms with Crippen molar-refractivity contribution >= 4 is 28.7 Å². The lowest BCUT2D eigenvalue weighted by atomic mass is 10.2. The van der Waals surface area contributed by atoms with E-state index in [2.05, 4.69) is 10.3 Å². The van der Waals surface area contributed by atoms with E-state index < -0.39 is 0 Å². The van der Waals surface area contributed by atoms with E-state index in [1.54, 1.807) is 53.2 Å². The van der Waals surface area contributed by atoms with Gasteiger partial charge in [-0.15, -0.1) is 0 Å². The van der Waals surface area contributed by atoms with Crippen molar-refractivity contribution < 1.29 is 9.59 Å². The van der Waals surface area contributed by atoms with Crippen LogP contribution in [0.1, 0.15) is 27.8 Å². The molecule has 6 nitrogen and oxygen atoms in total. The molecule has 2 heterocycles. The lowest BCUT2D eigenvalue weighted by molar-refractivity contribution is 0.100. The molecule has 0 fully saturated rings. The first-order valence-electron chi connectivity index (χ1n) is 6.69. The van der Waals surface area contributed by atoms with Crippen LogP contribution in [-0.4, -0.2) is 21.1 Å². The van der Waals surface area contributed by atoms with Crippen molar-refractivity contribution in [1.29, 1.82) is 0 Å². The summed E-state index contributed by atoms with van der Waals surface area (Å²) < 4.78 is 1.70. The Morgan fingerprint density at radius 2 is 2.00 bits per heavy atom. The van der Waals surface area contributed by atoms with E-state index in [1.807, 2.05) is 0 Å². The molecule has 0 bridgehead atoms. The van der Waals surface area contributed by atoms with Crippen LogP contribution in [0, 0.1) is 0 Å². The number of rotatable bonds is 3. The summed E-state index contributed by atoms with van der Waals surface area (Å²) in [6, 6.07) is 10.2. The van der Waals surface area contributed by atoms with Gasteiger partial charge in [-0.25, -0.2) is 4.98 Å². The Bertz CT molecular complexity index is 883. The number of Topliss-reactive ketones (excluding diaryl/α,β-unsaturated/α-hetero) is 1. The van der Waals surface area contributed by atoms with Crippen LogP contribution >= 0.6 is 0 Å². The van der Waals surface area contributed by atoms with Gasteiger partial charge < -0.3 is 15.5 Å². The summed E-state index contributed by atoms with van der Waals surface area (Å²) in [6.07, 6.45) is 3.34. The van der Waals surface area contributed by atoms with Crippen LogP contribution in [0.5, 0.6) is 0 Å². The molecular formula is C16H14N4O2. The van der Waals surface area contributed by atoms with Gasteiger partial charge in [-0.1, -0.05) is 6.07 Å². The van der Waals surface area contributed by atoms with Crippen LogP contribution in [0.3, 0.4) is 0 Å². The molecule has 3 aromatic rings. The normalized spacial score (nSPS) is 10.6. The maximum atomic E-state index is 12.2. The topological polar surface area (TPSA) is 89.5 Å². The standard InChI is InChI=1S/C16H14N4O2/c1-10(21)14-9-20-8-13(5-6-15(20)19-14)18-16(22)11-3-2-4-12(17)7-11/h2-9H,17H2,1H3,(H,18,22). The Balaban J connectivity index is 1.87. The zero-order valence-corrected chi connectivity index (χ0v) is 11.9. The van der Waals surface area contributed by atoms with E-state index in [4.69, 9.17) is 5.73 Å². The van der Waals surface area contributed by atoms with Crippen LogP contribution in [-0.2, 0) is 0 Å². The highest BCUT2D eigenvalue weighted by atomic mass is 16.1. The number of pyridine rings is 1. The number of benzene rings is 1. The molecule has 1 amide bonds. The molecule has 2 aromatic heterocycles. The van der Waals surface area contributed by atoms with Crippen molar-refractivity contribution in [1.82, 2.24) is 9.38 Å². The molecule has 0 atom stereocenters. The smallest absolute Gasteiger partial charge is 0.255 e. The number of nitrogens with zero attached hydrogens (tertiary/aromatic N) is 2. The van der Waals surface area contributed by atoms with Gasteiger partial charge in [0.05, 0.1) is 5.69 Å². The van der Waals surface area contributed by atoms with Crippen molar-refractivity contribution in [2.45, 2.75) is 6.92 Å². The number of nitrogens with one attached hydrogen (secondary N) is 1. The van der Waals surface area contributed by atoms with E-state index >= 15 is 0 Å². The fourth-order valence-electron chi connectivity index (χ4n) is 2.12. The second-order valence-corrected chi connectivity index (χ2v) is 4.95. The summed E-state index contributed by atoms with van der Waals surface area (Å²) in [6.45, 7) is 1.46. The SMILES string of the molecule is CC(=O)c1cn2cc(NC(=O)c3cccc(N)c3)ccc2n1. The number of carbonyl (C=O) groups excluding carboxylic acids is 2. The number of amides is 1. The maximum Gasteiger partial charge on any atom is 0.255 e. The van der Waals surface area contributed by atoms with Crippen LogP contribution < -0.4 is 11.1 Å². The number of hydrogen-bond acceptors (Lipinski definition) is 4. The third kappa shape index (κ3) is 2.67. The van der Waals surface area contributed by atoms with Crippen molar-refractivity contribution in [3.8, 4) is 0 Å². The molecule has 0 radical (unpaired) electrons. The number of nitrogens with two attached hydrogens (primary N) is 1. The first-order valence-corrected chi connectivity index (χ1v) is 6.69. The monoisotopic (exact) mass is 294 g/mol. The van der Waals surface area contributed by atoms with Gasteiger partial charge in [-0.05, 0) is 30.3 Å². The Hall–Kier alpha value is -3.15. The lowest BCUT2D eigenvalue weighted by Gasteiger charge is -2.06. The van der Waals surface area contributed by atoms with Gasteiger partial charge in [0.15, 0.2) is 5.78 Å². The fourth-order valence-corrected chi connectivity index (χ4v) is 2.12. The third-order valence-corrected chi connectivity index (χ3v) is 3.22. The molecule has 1 aromatic carbocycles. The van der Waals surface area contributed by atoms with Crippen LogP contribution in [0.4, 0.5) is 11.4 Å². The number of carbonyl (C=O) groups is 2. The highest BCUT2D eigenvalue weighted by molar-refractivity contribution is 6.04. The summed E-state index contributed by atoms with van der Waals surface area (Å²) in [4.78, 5) is 27.7. The summed E-state index contributed by atoms with van der Waals surface area (Å²) in [5.41, 5.74) is 8.32. The minimum Gasteiger partial charge on any atom is -0.399 e. The molecule has 110 valence electrons. The van der Waals surface area contributed by atoms with E-state index in [-0.39, 0.29) is 11.7 Å². The Labute approximate surface area is 126 Å². The second kappa shape index (κ2) is 5.33. The molecule has 22 heavy (non-hydrogen) atoms. The number of fused-ring (bicyclic) bond motifs is 1. The number of ketones is 1. The third-order valence-electron chi connectivity index (χ3n) is 3.22. The van der Waals surface area contributed by atoms with Crippen LogP contribution in [0.15, 0.2) is 48.8 Å². The Kier molecular flexibility index (Phi) is 3.34. The molecule has 0 aliphatic rings. The van der Waals surface area contributed by atoms with Crippen molar-refractivity contribution in [3.63, 3.8) is 0 Å². The number of anilines is 2. The predicted molar refractivity (Wildman–Crippen MR) is 84.0 cm³/mol. The summed E-state index contributed by atoms with van der Waals surface area (Å²) in [5, 5.41) is 2.79. The Morgan fingerprint density at radius 1 is 1.18 bits per heavy atom. The molecule has 0 saturated carbocycles. The molecule has 0 saturated heterocycles. The summed E-state index contributed by atoms with van der Waals surface area (Å²) in [7, 11) is 0. The van der Waals surface area contributed by atoms with Gasteiger partial charge in [0.25, 0.3) is 5.91 Å². The second-order valence-electron chi connectivity index (χ2n) is 4.95. The van der Waals surface area contributed by atoms with Gasteiger partial charge in [0.2, 0.25) is 0 Å². The zero-order valence-electron chi connectivity index (χ0n) is 11.9.